The molecule has 118 valence electrons. The van der Waals surface area contributed by atoms with Crippen molar-refractivity contribution in [3.8, 4) is 0 Å². The second kappa shape index (κ2) is 4.58. The van der Waals surface area contributed by atoms with E-state index in [-0.39, 0.29) is 6.23 Å². The predicted molar refractivity (Wildman–Crippen MR) is 65.7 cm³/mol. The summed E-state index contributed by atoms with van der Waals surface area (Å²) >= 11 is 0. The molecule has 0 amide bonds. The molecule has 0 aliphatic carbocycles. The van der Waals surface area contributed by atoms with Gasteiger partial charge < -0.3 is 4.74 Å². The van der Waals surface area contributed by atoms with Crippen LogP contribution in [0.3, 0.4) is 0 Å². The molecule has 1 unspecified atom stereocenters. The number of nitrogens with zero attached hydrogens (tertiary/aromatic N) is 1. The molecule has 0 aromatic heterocycles. The zero-order valence-electron chi connectivity index (χ0n) is 10.9. The summed E-state index contributed by atoms with van der Waals surface area (Å²) in [7, 11) is -6.23. The number of rotatable bonds is 1. The first-order chi connectivity index (χ1) is 8.65. The molecule has 20 heavy (non-hydrogen) atoms. The van der Waals surface area contributed by atoms with Gasteiger partial charge in [-0.15, -0.1) is 0 Å². The van der Waals surface area contributed by atoms with Crippen LogP contribution in [-0.2, 0) is 4.74 Å². The number of hydrogen-bond donors (Lipinski definition) is 0. The van der Waals surface area contributed by atoms with Gasteiger partial charge in [0.25, 0.3) is 0 Å². The minimum atomic E-state index is -10.7. The third-order valence-corrected chi connectivity index (χ3v) is 2.66. The number of benzene rings is 1. The van der Waals surface area contributed by atoms with Crippen LogP contribution in [0.25, 0.3) is 0 Å². The van der Waals surface area contributed by atoms with Crippen molar-refractivity contribution >= 4 is 7.81 Å². The molecule has 0 bridgehead atoms. The fourth-order valence-electron chi connectivity index (χ4n) is 1.84. The molecule has 1 aromatic carbocycles. The van der Waals surface area contributed by atoms with E-state index in [4.69, 9.17) is 4.74 Å². The summed E-state index contributed by atoms with van der Waals surface area (Å²) in [5.74, 6) is 0. The fourth-order valence-corrected chi connectivity index (χ4v) is 1.84. The molecule has 2 nitrogen and oxygen atoms in total. The second-order valence-corrected chi connectivity index (χ2v) is 7.01. The van der Waals surface area contributed by atoms with Crippen LogP contribution in [0.5, 0.6) is 0 Å². The summed E-state index contributed by atoms with van der Waals surface area (Å²) < 4.78 is 65.9. The summed E-state index contributed by atoms with van der Waals surface area (Å²) in [6.45, 7) is 1.96. The van der Waals surface area contributed by atoms with Crippen molar-refractivity contribution in [2.45, 2.75) is 6.23 Å². The minimum absolute atomic E-state index is 0.223. The molecule has 1 fully saturated rings. The normalized spacial score (nSPS) is 25.1. The first kappa shape index (κ1) is 17.2. The van der Waals surface area contributed by atoms with Crippen molar-refractivity contribution in [3.63, 3.8) is 0 Å². The van der Waals surface area contributed by atoms with Crippen LogP contribution in [0, 0.1) is 0 Å². The fraction of sp³-hybridized carbons (Fsp3) is 0.455. The van der Waals surface area contributed by atoms with Crippen molar-refractivity contribution in [3.05, 3.63) is 35.9 Å². The van der Waals surface area contributed by atoms with E-state index in [0.717, 1.165) is 17.6 Å². The van der Waals surface area contributed by atoms with Gasteiger partial charge in [0.05, 0.1) is 14.1 Å². The van der Waals surface area contributed by atoms with E-state index in [1.165, 1.54) is 5.56 Å². The number of quaternary nitrogens is 1. The summed E-state index contributed by atoms with van der Waals surface area (Å²) in [6, 6.07) is 10.4. The van der Waals surface area contributed by atoms with Gasteiger partial charge in [-0.3, -0.25) is 4.48 Å². The monoisotopic (exact) mass is 323 g/mol. The Bertz CT molecular complexity index is 446. The first-order valence-electron chi connectivity index (χ1n) is 5.71. The molecular weight excluding hydrogens is 307 g/mol. The van der Waals surface area contributed by atoms with Crippen LogP contribution < -0.4 is 0 Å². The van der Waals surface area contributed by atoms with Crippen molar-refractivity contribution in [1.29, 1.82) is 0 Å². The Balaban J connectivity index is 0.000000246. The Hall–Kier alpha value is -0.850. The van der Waals surface area contributed by atoms with Crippen LogP contribution in [0.15, 0.2) is 30.3 Å². The van der Waals surface area contributed by atoms with E-state index in [0.29, 0.717) is 0 Å². The number of likely N-dealkylation sites (N-methyl/N-ethyl adjacent to an activating group) is 1. The molecule has 1 aliphatic rings. The van der Waals surface area contributed by atoms with Crippen LogP contribution in [0.4, 0.5) is 25.2 Å². The molecule has 0 N–H and O–H groups in total. The summed E-state index contributed by atoms with van der Waals surface area (Å²) in [4.78, 5) is 0. The van der Waals surface area contributed by atoms with Crippen LogP contribution in [0.1, 0.15) is 11.8 Å². The summed E-state index contributed by atoms with van der Waals surface area (Å²) in [5.41, 5.74) is 1.28. The SMILES string of the molecule is C[N+]1(C)CCOC1c1ccccc1.F[P-](F)(F)(F)(F)F. The zero-order valence-corrected chi connectivity index (χ0v) is 11.8. The van der Waals surface area contributed by atoms with Crippen molar-refractivity contribution in [2.75, 3.05) is 27.2 Å². The van der Waals surface area contributed by atoms with Gasteiger partial charge >= 0.3 is 33.0 Å². The average molecular weight is 323 g/mol. The second-order valence-electron chi connectivity index (χ2n) is 5.09. The third kappa shape index (κ3) is 7.67. The Kier molecular flexibility index (Phi) is 3.94. The van der Waals surface area contributed by atoms with Gasteiger partial charge in [-0.25, -0.2) is 0 Å². The van der Waals surface area contributed by atoms with Gasteiger partial charge in [0.15, 0.2) is 0 Å². The van der Waals surface area contributed by atoms with E-state index >= 15 is 0 Å². The maximum atomic E-state index is 9.87. The molecule has 1 saturated heterocycles. The van der Waals surface area contributed by atoms with Gasteiger partial charge in [0.1, 0.15) is 13.2 Å². The van der Waals surface area contributed by atoms with Gasteiger partial charge in [0, 0.05) is 5.56 Å². The van der Waals surface area contributed by atoms with Crippen LogP contribution in [-0.4, -0.2) is 31.7 Å². The molecule has 9 heteroatoms. The van der Waals surface area contributed by atoms with Gasteiger partial charge in [-0.05, 0) is 0 Å². The average Bonchev–Trinajstić information content (AvgIpc) is 2.55. The van der Waals surface area contributed by atoms with Crippen molar-refractivity contribution < 1.29 is 34.4 Å². The van der Waals surface area contributed by atoms with Crippen LogP contribution in [0.2, 0.25) is 0 Å². The van der Waals surface area contributed by atoms with E-state index in [1.54, 1.807) is 0 Å². The standard InChI is InChI=1S/C11H16NO.F6P/c1-12(2)8-9-13-11(12)10-6-4-3-5-7-10;1-7(2,3,4,5)6/h3-7,11H,8-9H2,1-2H3;/q+1;-1. The number of hydrogen-bond acceptors (Lipinski definition) is 1. The van der Waals surface area contributed by atoms with Gasteiger partial charge in [0.2, 0.25) is 6.23 Å². The van der Waals surface area contributed by atoms with Crippen LogP contribution >= 0.6 is 7.81 Å². The molecule has 1 atom stereocenters. The Morgan fingerprint density at radius 3 is 1.80 bits per heavy atom. The zero-order chi connectivity index (χ0) is 15.7. The quantitative estimate of drug-likeness (QED) is 0.393. The molecule has 0 spiro atoms. The van der Waals surface area contributed by atoms with Crippen molar-refractivity contribution in [1.82, 2.24) is 0 Å². The topological polar surface area (TPSA) is 9.23 Å². The van der Waals surface area contributed by atoms with Gasteiger partial charge in [-0.2, -0.15) is 0 Å². The summed E-state index contributed by atoms with van der Waals surface area (Å²) in [5, 5.41) is 0. The predicted octanol–water partition coefficient (Wildman–Crippen LogP) is 5.17. The Labute approximate surface area is 112 Å². The van der Waals surface area contributed by atoms with E-state index in [2.05, 4.69) is 38.4 Å². The van der Waals surface area contributed by atoms with E-state index in [1.807, 2.05) is 6.07 Å². The van der Waals surface area contributed by atoms with E-state index < -0.39 is 7.81 Å². The Morgan fingerprint density at radius 2 is 1.45 bits per heavy atom. The van der Waals surface area contributed by atoms with Gasteiger partial charge in [-0.1, -0.05) is 30.3 Å². The van der Waals surface area contributed by atoms with Crippen molar-refractivity contribution in [2.24, 2.45) is 0 Å². The summed E-state index contributed by atoms with van der Waals surface area (Å²) in [6.07, 6.45) is 0.223. The molecule has 0 radical (unpaired) electrons. The molecule has 2 rings (SSSR count). The van der Waals surface area contributed by atoms with E-state index in [9.17, 15) is 25.2 Å². The molecular formula is C11H16F6NOP. The molecule has 1 aliphatic heterocycles. The molecule has 1 heterocycles. The number of halogens is 6. The molecule has 1 aromatic rings. The third-order valence-electron chi connectivity index (χ3n) is 2.66. The maximum absolute atomic E-state index is 10.7. The Morgan fingerprint density at radius 1 is 1.00 bits per heavy atom. The number of ether oxygens (including phenoxy) is 1. The first-order valence-corrected chi connectivity index (χ1v) is 7.74. The molecule has 0 saturated carbocycles.